The highest BCUT2D eigenvalue weighted by Crippen LogP contribution is 2.27. The second-order valence-corrected chi connectivity index (χ2v) is 7.22. The quantitative estimate of drug-likeness (QED) is 0.651. The minimum absolute atomic E-state index is 0.271. The number of hydrazine groups is 1. The van der Waals surface area contributed by atoms with Crippen molar-refractivity contribution in [3.63, 3.8) is 0 Å². The molecule has 0 aliphatic carbocycles. The number of hydrogen-bond donors (Lipinski definition) is 2. The van der Waals surface area contributed by atoms with E-state index in [0.29, 0.717) is 21.0 Å². The molecule has 2 amide bonds. The van der Waals surface area contributed by atoms with E-state index in [1.807, 2.05) is 32.0 Å². The van der Waals surface area contributed by atoms with Crippen LogP contribution in [0.15, 0.2) is 40.9 Å². The highest BCUT2D eigenvalue weighted by molar-refractivity contribution is 9.10. The Morgan fingerprint density at radius 2 is 1.85 bits per heavy atom. The zero-order chi connectivity index (χ0) is 20.0. The molecule has 0 aliphatic rings. The number of carbonyl (C=O) groups is 2. The van der Waals surface area contributed by atoms with Gasteiger partial charge in [0.05, 0.1) is 4.47 Å². The van der Waals surface area contributed by atoms with E-state index < -0.39 is 17.9 Å². The van der Waals surface area contributed by atoms with Gasteiger partial charge < -0.3 is 9.47 Å². The average molecular weight is 456 g/mol. The van der Waals surface area contributed by atoms with Crippen molar-refractivity contribution in [2.45, 2.75) is 26.9 Å². The van der Waals surface area contributed by atoms with Crippen molar-refractivity contribution < 1.29 is 19.1 Å². The molecule has 8 heteroatoms. The lowest BCUT2D eigenvalue weighted by molar-refractivity contribution is -0.133. The molecule has 0 saturated heterocycles. The van der Waals surface area contributed by atoms with Crippen molar-refractivity contribution in [1.82, 2.24) is 10.9 Å². The molecule has 0 saturated carbocycles. The first-order valence-electron chi connectivity index (χ1n) is 8.16. The molecule has 2 rings (SSSR count). The van der Waals surface area contributed by atoms with E-state index in [9.17, 15) is 9.59 Å². The molecule has 1 unspecified atom stereocenters. The maximum absolute atomic E-state index is 12.1. The molecule has 0 heterocycles. The van der Waals surface area contributed by atoms with E-state index >= 15 is 0 Å². The molecule has 144 valence electrons. The Kier molecular flexibility index (Phi) is 7.50. The number of rotatable bonds is 6. The topological polar surface area (TPSA) is 76.7 Å². The molecular weight excluding hydrogens is 436 g/mol. The van der Waals surface area contributed by atoms with Crippen LogP contribution in [0.3, 0.4) is 0 Å². The van der Waals surface area contributed by atoms with Gasteiger partial charge in [-0.2, -0.15) is 0 Å². The lowest BCUT2D eigenvalue weighted by Crippen LogP contribution is -2.48. The van der Waals surface area contributed by atoms with Crippen LogP contribution < -0.4 is 20.3 Å². The normalized spacial score (nSPS) is 11.4. The standard InChI is InChI=1S/C19H20BrClN2O4/c1-11-4-5-12(2)17(8-11)27-13(3)19(25)23-22-18(24)10-26-16-7-6-14(21)9-15(16)20/h4-9,13H,10H2,1-3H3,(H,22,24)(H,23,25). The lowest BCUT2D eigenvalue weighted by atomic mass is 10.1. The van der Waals surface area contributed by atoms with Gasteiger partial charge in [-0.25, -0.2) is 0 Å². The molecule has 2 aromatic carbocycles. The van der Waals surface area contributed by atoms with Crippen LogP contribution in [0.5, 0.6) is 11.5 Å². The monoisotopic (exact) mass is 454 g/mol. The van der Waals surface area contributed by atoms with Gasteiger partial charge in [-0.3, -0.25) is 20.4 Å². The van der Waals surface area contributed by atoms with Crippen molar-refractivity contribution in [3.8, 4) is 11.5 Å². The van der Waals surface area contributed by atoms with Gasteiger partial charge in [-0.15, -0.1) is 0 Å². The third-order valence-electron chi connectivity index (χ3n) is 3.59. The maximum atomic E-state index is 12.1. The Bertz CT molecular complexity index is 844. The minimum Gasteiger partial charge on any atom is -0.483 e. The van der Waals surface area contributed by atoms with Crippen molar-refractivity contribution in [2.24, 2.45) is 0 Å². The highest BCUT2D eigenvalue weighted by atomic mass is 79.9. The third kappa shape index (κ3) is 6.45. The van der Waals surface area contributed by atoms with Crippen LogP contribution in [-0.2, 0) is 9.59 Å². The Balaban J connectivity index is 1.80. The molecule has 0 fully saturated rings. The summed E-state index contributed by atoms with van der Waals surface area (Å²) in [7, 11) is 0. The summed E-state index contributed by atoms with van der Waals surface area (Å²) in [5.74, 6) is 0.105. The molecule has 2 aromatic rings. The van der Waals surface area contributed by atoms with Gasteiger partial charge in [-0.05, 0) is 72.1 Å². The first kappa shape index (κ1) is 21.1. The third-order valence-corrected chi connectivity index (χ3v) is 4.45. The van der Waals surface area contributed by atoms with Crippen LogP contribution in [0.4, 0.5) is 0 Å². The summed E-state index contributed by atoms with van der Waals surface area (Å²) < 4.78 is 11.7. The minimum atomic E-state index is -0.780. The van der Waals surface area contributed by atoms with E-state index in [4.69, 9.17) is 21.1 Å². The first-order chi connectivity index (χ1) is 12.8. The SMILES string of the molecule is Cc1ccc(C)c(OC(C)C(=O)NNC(=O)COc2ccc(Cl)cc2Br)c1. The second kappa shape index (κ2) is 9.62. The predicted molar refractivity (Wildman–Crippen MR) is 107 cm³/mol. The Labute approximate surface area is 171 Å². The van der Waals surface area contributed by atoms with Crippen LogP contribution in [0.2, 0.25) is 5.02 Å². The van der Waals surface area contributed by atoms with Crippen LogP contribution in [0, 0.1) is 13.8 Å². The zero-order valence-electron chi connectivity index (χ0n) is 15.1. The Morgan fingerprint density at radius 3 is 2.56 bits per heavy atom. The molecule has 27 heavy (non-hydrogen) atoms. The number of ether oxygens (including phenoxy) is 2. The number of carbonyl (C=O) groups excluding carboxylic acids is 2. The number of aryl methyl sites for hydroxylation is 2. The molecule has 0 aliphatic heterocycles. The fraction of sp³-hybridized carbons (Fsp3) is 0.263. The molecule has 6 nitrogen and oxygen atoms in total. The van der Waals surface area contributed by atoms with E-state index in [-0.39, 0.29) is 6.61 Å². The van der Waals surface area contributed by atoms with Gasteiger partial charge >= 0.3 is 0 Å². The van der Waals surface area contributed by atoms with Gasteiger partial charge in [0.15, 0.2) is 12.7 Å². The van der Waals surface area contributed by atoms with Crippen molar-refractivity contribution in [2.75, 3.05) is 6.61 Å². The van der Waals surface area contributed by atoms with E-state index in [1.54, 1.807) is 25.1 Å². The van der Waals surface area contributed by atoms with Crippen LogP contribution in [0.1, 0.15) is 18.1 Å². The van der Waals surface area contributed by atoms with E-state index in [0.717, 1.165) is 11.1 Å². The fourth-order valence-corrected chi connectivity index (χ4v) is 2.88. The largest absolute Gasteiger partial charge is 0.483 e. The summed E-state index contributed by atoms with van der Waals surface area (Å²) >= 11 is 9.14. The zero-order valence-corrected chi connectivity index (χ0v) is 17.5. The number of hydrogen-bond acceptors (Lipinski definition) is 4. The second-order valence-electron chi connectivity index (χ2n) is 5.93. The Morgan fingerprint density at radius 1 is 1.11 bits per heavy atom. The van der Waals surface area contributed by atoms with Crippen LogP contribution in [-0.4, -0.2) is 24.5 Å². The lowest BCUT2D eigenvalue weighted by Gasteiger charge is -2.17. The fourth-order valence-electron chi connectivity index (χ4n) is 2.08. The van der Waals surface area contributed by atoms with Crippen LogP contribution >= 0.6 is 27.5 Å². The van der Waals surface area contributed by atoms with Crippen molar-refractivity contribution in [3.05, 3.63) is 57.0 Å². The predicted octanol–water partition coefficient (Wildman–Crippen LogP) is 3.71. The molecule has 0 spiro atoms. The molecule has 0 aromatic heterocycles. The summed E-state index contributed by atoms with van der Waals surface area (Å²) in [6.45, 7) is 5.17. The van der Waals surface area contributed by atoms with Crippen molar-refractivity contribution in [1.29, 1.82) is 0 Å². The van der Waals surface area contributed by atoms with Crippen molar-refractivity contribution >= 4 is 39.3 Å². The maximum Gasteiger partial charge on any atom is 0.279 e. The molecule has 0 bridgehead atoms. The molecule has 1 atom stereocenters. The summed E-state index contributed by atoms with van der Waals surface area (Å²) in [6, 6.07) is 10.7. The molecule has 0 radical (unpaired) electrons. The average Bonchev–Trinajstić information content (AvgIpc) is 2.61. The van der Waals surface area contributed by atoms with Gasteiger partial charge in [0.2, 0.25) is 0 Å². The summed E-state index contributed by atoms with van der Waals surface area (Å²) in [6.07, 6.45) is -0.780. The summed E-state index contributed by atoms with van der Waals surface area (Å²) in [5.41, 5.74) is 6.56. The van der Waals surface area contributed by atoms with Gasteiger partial charge in [0.25, 0.3) is 11.8 Å². The number of halogens is 2. The number of amides is 2. The van der Waals surface area contributed by atoms with Gasteiger partial charge in [0.1, 0.15) is 11.5 Å². The van der Waals surface area contributed by atoms with E-state index in [1.165, 1.54) is 0 Å². The van der Waals surface area contributed by atoms with Gasteiger partial charge in [-0.1, -0.05) is 23.7 Å². The van der Waals surface area contributed by atoms with Gasteiger partial charge in [0, 0.05) is 5.02 Å². The smallest absolute Gasteiger partial charge is 0.279 e. The number of nitrogens with one attached hydrogen (secondary N) is 2. The molecular formula is C19H20BrClN2O4. The van der Waals surface area contributed by atoms with E-state index in [2.05, 4.69) is 26.8 Å². The summed E-state index contributed by atoms with van der Waals surface area (Å²) in [4.78, 5) is 23.9. The van der Waals surface area contributed by atoms with Crippen LogP contribution in [0.25, 0.3) is 0 Å². The Hall–Kier alpha value is -2.25. The number of benzene rings is 2. The first-order valence-corrected chi connectivity index (χ1v) is 9.34. The highest BCUT2D eigenvalue weighted by Gasteiger charge is 2.16. The summed E-state index contributed by atoms with van der Waals surface area (Å²) in [5, 5.41) is 0.545. The molecule has 2 N–H and O–H groups in total.